The molecule has 5 atom stereocenters. The topological polar surface area (TPSA) is 44.8 Å². The van der Waals surface area contributed by atoms with Crippen LogP contribution in [0, 0.1) is 23.7 Å². The number of hydrogen-bond acceptors (Lipinski definition) is 4. The molecule has 0 radical (unpaired) electrons. The van der Waals surface area contributed by atoms with Crippen LogP contribution in [0.1, 0.15) is 58.4 Å². The van der Waals surface area contributed by atoms with Crippen LogP contribution in [-0.2, 0) is 9.22 Å². The number of allylic oxidation sites excluding steroid dienone is 2. The van der Waals surface area contributed by atoms with Crippen LogP contribution in [0.2, 0.25) is 5.04 Å². The van der Waals surface area contributed by atoms with Gasteiger partial charge in [-0.2, -0.15) is 0 Å². The minimum absolute atomic E-state index is 0.0105. The lowest BCUT2D eigenvalue weighted by molar-refractivity contribution is -0.129. The summed E-state index contributed by atoms with van der Waals surface area (Å²) in [7, 11) is 0.667. The van der Waals surface area contributed by atoms with Crippen molar-refractivity contribution >= 4 is 24.5 Å². The zero-order valence-corrected chi connectivity index (χ0v) is 27.0. The van der Waals surface area contributed by atoms with Gasteiger partial charge in [0, 0.05) is 30.9 Å². The van der Waals surface area contributed by atoms with Gasteiger partial charge in [0.15, 0.2) is 0 Å². The van der Waals surface area contributed by atoms with Crippen LogP contribution in [0.15, 0.2) is 91.0 Å². The van der Waals surface area contributed by atoms with E-state index in [0.29, 0.717) is 18.8 Å². The molecule has 0 heterocycles. The molecule has 3 aromatic rings. The molecule has 1 fully saturated rings. The number of methoxy groups -OCH3 is 2. The molecule has 5 heteroatoms. The Morgan fingerprint density at radius 1 is 0.857 bits per heavy atom. The number of ether oxygens (including phenoxy) is 2. The monoisotopic (exact) mass is 582 g/mol. The van der Waals surface area contributed by atoms with E-state index in [1.807, 2.05) is 6.07 Å². The maximum Gasteiger partial charge on any atom is 0.261 e. The summed E-state index contributed by atoms with van der Waals surface area (Å²) in [6.45, 7) is 9.84. The Kier molecular flexibility index (Phi) is 9.10. The molecule has 2 aliphatic rings. The Bertz CT molecular complexity index is 1320. The number of carbonyl (C=O) groups is 1. The van der Waals surface area contributed by atoms with Crippen LogP contribution in [0.3, 0.4) is 0 Å². The third-order valence-electron chi connectivity index (χ3n) is 9.58. The van der Waals surface area contributed by atoms with Crippen molar-refractivity contribution in [1.29, 1.82) is 0 Å². The Labute approximate surface area is 253 Å². The van der Waals surface area contributed by atoms with Crippen molar-refractivity contribution in [1.82, 2.24) is 0 Å². The number of Topliss-reactive ketones (excluding diaryl/α,β-unsaturated/α-hetero) is 1. The minimum atomic E-state index is -2.71. The van der Waals surface area contributed by atoms with E-state index in [0.717, 1.165) is 29.9 Å². The Morgan fingerprint density at radius 3 is 1.95 bits per heavy atom. The summed E-state index contributed by atoms with van der Waals surface area (Å²) in [4.78, 5) is 13.7. The van der Waals surface area contributed by atoms with Gasteiger partial charge in [-0.15, -0.1) is 0 Å². The van der Waals surface area contributed by atoms with E-state index in [1.165, 1.54) is 10.4 Å². The van der Waals surface area contributed by atoms with Gasteiger partial charge in [0.05, 0.1) is 14.2 Å². The van der Waals surface area contributed by atoms with Crippen molar-refractivity contribution in [3.8, 4) is 11.5 Å². The highest BCUT2D eigenvalue weighted by molar-refractivity contribution is 6.99. The fourth-order valence-electron chi connectivity index (χ4n) is 7.62. The molecule has 0 unspecified atom stereocenters. The number of rotatable bonds is 9. The summed E-state index contributed by atoms with van der Waals surface area (Å²) in [5, 5.41) is 2.45. The predicted octanol–water partition coefficient (Wildman–Crippen LogP) is 7.17. The van der Waals surface area contributed by atoms with E-state index >= 15 is 0 Å². The number of carbonyl (C=O) groups excluding carboxylic acids is 1. The van der Waals surface area contributed by atoms with Crippen LogP contribution in [0.25, 0.3) is 0 Å². The second-order valence-corrected chi connectivity index (χ2v) is 17.4. The first kappa shape index (κ1) is 30.3. The van der Waals surface area contributed by atoms with Crippen molar-refractivity contribution < 1.29 is 18.7 Å². The summed E-state index contributed by atoms with van der Waals surface area (Å²) in [6, 6.07) is 27.7. The molecular formula is C37H46O4Si. The molecule has 4 nitrogen and oxygen atoms in total. The first-order valence-electron chi connectivity index (χ1n) is 15.4. The molecule has 42 heavy (non-hydrogen) atoms. The van der Waals surface area contributed by atoms with Gasteiger partial charge in [0.1, 0.15) is 17.3 Å². The molecule has 5 rings (SSSR count). The second-order valence-electron chi connectivity index (χ2n) is 13.1. The highest BCUT2D eigenvalue weighted by Crippen LogP contribution is 2.49. The van der Waals surface area contributed by atoms with Crippen molar-refractivity contribution in [2.75, 3.05) is 20.8 Å². The average molecular weight is 583 g/mol. The van der Waals surface area contributed by atoms with Crippen molar-refractivity contribution in [2.24, 2.45) is 23.7 Å². The molecule has 0 N–H and O–H groups in total. The Morgan fingerprint density at radius 2 is 1.43 bits per heavy atom. The molecule has 0 aromatic heterocycles. The van der Waals surface area contributed by atoms with E-state index < -0.39 is 8.32 Å². The molecular weight excluding hydrogens is 536 g/mol. The molecule has 3 aromatic carbocycles. The third-order valence-corrected chi connectivity index (χ3v) is 14.6. The van der Waals surface area contributed by atoms with Crippen LogP contribution >= 0.6 is 0 Å². The predicted molar refractivity (Wildman–Crippen MR) is 173 cm³/mol. The second kappa shape index (κ2) is 12.6. The van der Waals surface area contributed by atoms with Gasteiger partial charge in [0.2, 0.25) is 0 Å². The molecule has 0 spiro atoms. The molecule has 0 aliphatic heterocycles. The largest absolute Gasteiger partial charge is 0.497 e. The van der Waals surface area contributed by atoms with Gasteiger partial charge in [-0.25, -0.2) is 0 Å². The quantitative estimate of drug-likeness (QED) is 0.198. The van der Waals surface area contributed by atoms with E-state index in [4.69, 9.17) is 13.9 Å². The SMILES string of the molecule is COc1cc(OC)cc([C@@H]2C=C[C@@H]3CCCC(=O)[C@@H]3[C@H]2[C@@H](C)CO[Si](c2ccccc2)(c2ccccc2)C(C)(C)C)c1. The van der Waals surface area contributed by atoms with Crippen molar-refractivity contribution in [2.45, 2.75) is 57.9 Å². The van der Waals surface area contributed by atoms with Gasteiger partial charge in [-0.05, 0) is 63.7 Å². The number of benzene rings is 3. The van der Waals surface area contributed by atoms with Gasteiger partial charge in [-0.3, -0.25) is 4.79 Å². The van der Waals surface area contributed by atoms with Crippen LogP contribution in [0.5, 0.6) is 11.5 Å². The Balaban J connectivity index is 1.57. The molecule has 222 valence electrons. The zero-order valence-electron chi connectivity index (χ0n) is 26.0. The van der Waals surface area contributed by atoms with E-state index in [-0.39, 0.29) is 34.6 Å². The zero-order chi connectivity index (χ0) is 29.9. The van der Waals surface area contributed by atoms with Crippen LogP contribution < -0.4 is 19.8 Å². The third kappa shape index (κ3) is 5.74. The lowest BCUT2D eigenvalue weighted by Crippen LogP contribution is -2.67. The van der Waals surface area contributed by atoms with Crippen LogP contribution in [0.4, 0.5) is 0 Å². The fourth-order valence-corrected chi connectivity index (χ4v) is 12.3. The molecule has 0 bridgehead atoms. The number of ketones is 1. The number of fused-ring (bicyclic) bond motifs is 1. The lowest BCUT2D eigenvalue weighted by Gasteiger charge is -2.47. The summed E-state index contributed by atoms with van der Waals surface area (Å²) < 4.78 is 18.7. The summed E-state index contributed by atoms with van der Waals surface area (Å²) >= 11 is 0. The maximum absolute atomic E-state index is 13.7. The van der Waals surface area contributed by atoms with E-state index in [1.54, 1.807) is 14.2 Å². The first-order chi connectivity index (χ1) is 20.2. The average Bonchev–Trinajstić information content (AvgIpc) is 3.01. The normalized spacial score (nSPS) is 23.2. The smallest absolute Gasteiger partial charge is 0.261 e. The molecule has 0 amide bonds. The van der Waals surface area contributed by atoms with Crippen molar-refractivity contribution in [3.63, 3.8) is 0 Å². The van der Waals surface area contributed by atoms with Crippen LogP contribution in [-0.4, -0.2) is 34.9 Å². The Hall–Kier alpha value is -3.15. The van der Waals surface area contributed by atoms with Gasteiger partial charge in [0.25, 0.3) is 8.32 Å². The first-order valence-corrected chi connectivity index (χ1v) is 17.3. The summed E-state index contributed by atoms with van der Waals surface area (Å²) in [6.07, 6.45) is 7.37. The lowest BCUT2D eigenvalue weighted by atomic mass is 9.59. The highest BCUT2D eigenvalue weighted by atomic mass is 28.4. The summed E-state index contributed by atoms with van der Waals surface area (Å²) in [5.74, 6) is 2.54. The van der Waals surface area contributed by atoms with Crippen molar-refractivity contribution in [3.05, 3.63) is 96.6 Å². The molecule has 2 aliphatic carbocycles. The number of hydrogen-bond donors (Lipinski definition) is 0. The van der Waals surface area contributed by atoms with E-state index in [2.05, 4.69) is 113 Å². The standard InChI is InChI=1S/C37H46O4Si/c1-26(25-41-42(37(2,3)4,31-15-9-7-10-16-31)32-17-11-8-12-18-32)35-33(21-20-27-14-13-19-34(38)36(27)35)28-22-29(39-5)24-30(23-28)40-6/h7-12,15-18,20-24,26-27,33,35-36H,13-14,19,25H2,1-6H3/t26-,27-,33-,35-,36+/m0/s1. The van der Waals surface area contributed by atoms with Gasteiger partial charge in [-0.1, -0.05) is 101 Å². The van der Waals surface area contributed by atoms with E-state index in [9.17, 15) is 4.79 Å². The maximum atomic E-state index is 13.7. The molecule has 1 saturated carbocycles. The fraction of sp³-hybridized carbons (Fsp3) is 0.432. The van der Waals surface area contributed by atoms with Gasteiger partial charge < -0.3 is 13.9 Å². The highest BCUT2D eigenvalue weighted by Gasteiger charge is 2.51. The molecule has 0 saturated heterocycles. The van der Waals surface area contributed by atoms with Gasteiger partial charge >= 0.3 is 0 Å². The summed E-state index contributed by atoms with van der Waals surface area (Å²) in [5.41, 5.74) is 1.13. The minimum Gasteiger partial charge on any atom is -0.497 e.